The lowest BCUT2D eigenvalue weighted by Gasteiger charge is -2.22. The van der Waals surface area contributed by atoms with Gasteiger partial charge in [-0.1, -0.05) is 42.0 Å². The van der Waals surface area contributed by atoms with E-state index in [0.717, 1.165) is 10.5 Å². The molecule has 0 spiro atoms. The van der Waals surface area contributed by atoms with E-state index in [-0.39, 0.29) is 16.9 Å². The number of hydrogen-bond donors (Lipinski definition) is 0. The van der Waals surface area contributed by atoms with Gasteiger partial charge in [-0.2, -0.15) is 0 Å². The van der Waals surface area contributed by atoms with Crippen LogP contribution in [-0.2, 0) is 9.53 Å². The molecule has 1 heterocycles. The second-order valence-corrected chi connectivity index (χ2v) is 6.51. The molecule has 0 unspecified atom stereocenters. The maximum Gasteiger partial charge on any atom is 0.329 e. The summed E-state index contributed by atoms with van der Waals surface area (Å²) in [6, 6.07) is 12.2. The van der Waals surface area contributed by atoms with Gasteiger partial charge in [0.05, 0.1) is 11.1 Å². The first-order valence-electron chi connectivity index (χ1n) is 8.59. The van der Waals surface area contributed by atoms with Crippen LogP contribution in [0.4, 0.5) is 0 Å². The number of rotatable bonds is 5. The number of amides is 2. The number of carbonyl (C=O) groups is 4. The number of carbonyl (C=O) groups excluding carboxylic acids is 4. The van der Waals surface area contributed by atoms with Crippen molar-refractivity contribution in [1.29, 1.82) is 0 Å². The van der Waals surface area contributed by atoms with E-state index >= 15 is 0 Å². The van der Waals surface area contributed by atoms with Crippen molar-refractivity contribution in [2.24, 2.45) is 0 Å². The van der Waals surface area contributed by atoms with Gasteiger partial charge >= 0.3 is 5.97 Å². The maximum atomic E-state index is 12.5. The highest BCUT2D eigenvalue weighted by molar-refractivity contribution is 6.22. The van der Waals surface area contributed by atoms with Crippen LogP contribution in [0.2, 0.25) is 0 Å². The van der Waals surface area contributed by atoms with Crippen LogP contribution in [0.25, 0.3) is 0 Å². The van der Waals surface area contributed by atoms with Gasteiger partial charge in [-0.15, -0.1) is 0 Å². The zero-order valence-corrected chi connectivity index (χ0v) is 15.3. The molecule has 2 aromatic carbocycles. The summed E-state index contributed by atoms with van der Waals surface area (Å²) >= 11 is 0. The molecular weight excluding hydrogens is 346 g/mol. The number of esters is 1. The van der Waals surface area contributed by atoms with Crippen molar-refractivity contribution in [1.82, 2.24) is 4.90 Å². The smallest absolute Gasteiger partial charge is 0.329 e. The molecule has 1 aliphatic rings. The summed E-state index contributed by atoms with van der Waals surface area (Å²) in [7, 11) is 0. The molecule has 0 aromatic heterocycles. The molecule has 2 aromatic rings. The molecule has 0 aliphatic carbocycles. The number of benzene rings is 2. The van der Waals surface area contributed by atoms with Gasteiger partial charge < -0.3 is 4.74 Å². The Labute approximate surface area is 156 Å². The molecular formula is C21H19NO5. The third-order valence-corrected chi connectivity index (χ3v) is 4.55. The van der Waals surface area contributed by atoms with Crippen molar-refractivity contribution in [2.75, 3.05) is 0 Å². The zero-order valence-electron chi connectivity index (χ0n) is 15.3. The largest absolute Gasteiger partial charge is 0.453 e. The molecule has 1 aliphatic heterocycles. The first-order valence-corrected chi connectivity index (χ1v) is 8.59. The summed E-state index contributed by atoms with van der Waals surface area (Å²) in [5.74, 6) is -2.24. The van der Waals surface area contributed by atoms with E-state index in [1.807, 2.05) is 6.92 Å². The summed E-state index contributed by atoms with van der Waals surface area (Å²) in [4.78, 5) is 50.7. The Morgan fingerprint density at radius 1 is 0.889 bits per heavy atom. The Hall–Kier alpha value is -3.28. The highest BCUT2D eigenvalue weighted by Crippen LogP contribution is 2.25. The van der Waals surface area contributed by atoms with Crippen LogP contribution in [0.3, 0.4) is 0 Å². The minimum Gasteiger partial charge on any atom is -0.453 e. The number of nitrogens with zero attached hydrogens (tertiary/aromatic N) is 1. The van der Waals surface area contributed by atoms with Crippen LogP contribution < -0.4 is 0 Å². The molecule has 2 atom stereocenters. The van der Waals surface area contributed by atoms with Crippen molar-refractivity contribution in [3.8, 4) is 0 Å². The van der Waals surface area contributed by atoms with Crippen molar-refractivity contribution < 1.29 is 23.9 Å². The van der Waals surface area contributed by atoms with E-state index in [1.165, 1.54) is 26.0 Å². The molecule has 3 rings (SSSR count). The summed E-state index contributed by atoms with van der Waals surface area (Å²) in [6.45, 7) is 4.78. The van der Waals surface area contributed by atoms with E-state index in [2.05, 4.69) is 0 Å². The van der Waals surface area contributed by atoms with Gasteiger partial charge in [-0.3, -0.25) is 19.3 Å². The summed E-state index contributed by atoms with van der Waals surface area (Å²) in [5.41, 5.74) is 1.95. The van der Waals surface area contributed by atoms with Crippen LogP contribution in [0.5, 0.6) is 0 Å². The molecule has 0 N–H and O–H groups in total. The standard InChI is InChI=1S/C21H19NO5/c1-12-8-10-15(11-9-12)18(23)14(3)27-21(26)13(2)22-19(24)16-6-4-5-7-17(16)20(22)25/h4-11,13-14H,1-3H3/t13-,14+/m0/s1. The van der Waals surface area contributed by atoms with E-state index in [9.17, 15) is 19.2 Å². The first-order chi connectivity index (χ1) is 12.8. The Morgan fingerprint density at radius 2 is 1.41 bits per heavy atom. The van der Waals surface area contributed by atoms with Gasteiger partial charge in [0.15, 0.2) is 6.10 Å². The normalized spacial score (nSPS) is 15.3. The fourth-order valence-corrected chi connectivity index (χ4v) is 2.94. The van der Waals surface area contributed by atoms with Gasteiger partial charge in [0.25, 0.3) is 11.8 Å². The van der Waals surface area contributed by atoms with Gasteiger partial charge in [0, 0.05) is 5.56 Å². The number of fused-ring (bicyclic) bond motifs is 1. The Kier molecular flexibility index (Phi) is 4.90. The van der Waals surface area contributed by atoms with Gasteiger partial charge in [0.2, 0.25) is 5.78 Å². The number of ether oxygens (including phenoxy) is 1. The average molecular weight is 365 g/mol. The zero-order chi connectivity index (χ0) is 19.7. The van der Waals surface area contributed by atoms with Crippen molar-refractivity contribution in [2.45, 2.75) is 32.9 Å². The van der Waals surface area contributed by atoms with Gasteiger partial charge in [-0.25, -0.2) is 4.79 Å². The molecule has 0 saturated heterocycles. The van der Waals surface area contributed by atoms with Crippen LogP contribution in [-0.4, -0.2) is 40.6 Å². The summed E-state index contributed by atoms with van der Waals surface area (Å²) in [6.07, 6.45) is -1.03. The second kappa shape index (κ2) is 7.15. The number of ketones is 1. The minimum atomic E-state index is -1.13. The van der Waals surface area contributed by atoms with E-state index in [0.29, 0.717) is 5.56 Å². The quantitative estimate of drug-likeness (QED) is 0.462. The summed E-state index contributed by atoms with van der Waals surface area (Å²) < 4.78 is 5.23. The average Bonchev–Trinajstić information content (AvgIpc) is 2.92. The van der Waals surface area contributed by atoms with Crippen LogP contribution in [0.15, 0.2) is 48.5 Å². The fraction of sp³-hybridized carbons (Fsp3) is 0.238. The molecule has 2 amide bonds. The van der Waals surface area contributed by atoms with Crippen LogP contribution >= 0.6 is 0 Å². The first kappa shape index (κ1) is 18.5. The number of imide groups is 1. The number of Topliss-reactive ketones (excluding diaryl/α,β-unsaturated/α-hetero) is 1. The van der Waals surface area contributed by atoms with E-state index < -0.39 is 29.9 Å². The molecule has 0 fully saturated rings. The predicted molar refractivity (Wildman–Crippen MR) is 97.5 cm³/mol. The molecule has 0 saturated carbocycles. The monoisotopic (exact) mass is 365 g/mol. The third kappa shape index (κ3) is 3.38. The van der Waals surface area contributed by atoms with E-state index in [4.69, 9.17) is 4.74 Å². The number of aryl methyl sites for hydroxylation is 1. The predicted octanol–water partition coefficient (Wildman–Crippen LogP) is 2.79. The number of hydrogen-bond acceptors (Lipinski definition) is 5. The molecule has 6 nitrogen and oxygen atoms in total. The minimum absolute atomic E-state index is 0.255. The molecule has 6 heteroatoms. The highest BCUT2D eigenvalue weighted by Gasteiger charge is 2.41. The maximum absolute atomic E-state index is 12.5. The van der Waals surface area contributed by atoms with Crippen molar-refractivity contribution >= 4 is 23.6 Å². The lowest BCUT2D eigenvalue weighted by atomic mass is 10.1. The molecule has 0 radical (unpaired) electrons. The molecule has 0 bridgehead atoms. The van der Waals surface area contributed by atoms with Gasteiger partial charge in [0.1, 0.15) is 6.04 Å². The van der Waals surface area contributed by atoms with Crippen LogP contribution in [0, 0.1) is 6.92 Å². The third-order valence-electron chi connectivity index (χ3n) is 4.55. The Balaban J connectivity index is 1.71. The second-order valence-electron chi connectivity index (χ2n) is 6.51. The Morgan fingerprint density at radius 3 is 1.93 bits per heavy atom. The molecule has 27 heavy (non-hydrogen) atoms. The highest BCUT2D eigenvalue weighted by atomic mass is 16.5. The molecule has 138 valence electrons. The topological polar surface area (TPSA) is 80.8 Å². The van der Waals surface area contributed by atoms with Crippen molar-refractivity contribution in [3.63, 3.8) is 0 Å². The summed E-state index contributed by atoms with van der Waals surface area (Å²) in [5, 5.41) is 0. The van der Waals surface area contributed by atoms with Gasteiger partial charge in [-0.05, 0) is 32.9 Å². The van der Waals surface area contributed by atoms with E-state index in [1.54, 1.807) is 36.4 Å². The SMILES string of the molecule is Cc1ccc(C(=O)[C@@H](C)OC(=O)[C@H](C)N2C(=O)c3ccccc3C2=O)cc1. The fourth-order valence-electron chi connectivity index (χ4n) is 2.94. The van der Waals surface area contributed by atoms with Crippen LogP contribution in [0.1, 0.15) is 50.5 Å². The lowest BCUT2D eigenvalue weighted by molar-refractivity contribution is -0.150. The van der Waals surface area contributed by atoms with Crippen molar-refractivity contribution in [3.05, 3.63) is 70.8 Å². The Bertz CT molecular complexity index is 897. The lowest BCUT2D eigenvalue weighted by Crippen LogP contribution is -2.45.